The number of imidazole rings is 1. The van der Waals surface area contributed by atoms with Crippen LogP contribution in [-0.4, -0.2) is 35.6 Å². The van der Waals surface area contributed by atoms with Crippen LogP contribution in [0.4, 0.5) is 5.82 Å². The first-order valence-electron chi connectivity index (χ1n) is 13.2. The van der Waals surface area contributed by atoms with Crippen molar-refractivity contribution in [1.29, 1.82) is 0 Å². The fourth-order valence-electron chi connectivity index (χ4n) is 5.10. The van der Waals surface area contributed by atoms with Gasteiger partial charge in [-0.05, 0) is 54.3 Å². The largest absolute Gasteiger partial charge is 0.493 e. The Bertz CT molecular complexity index is 1420. The van der Waals surface area contributed by atoms with Gasteiger partial charge in [-0.2, -0.15) is 0 Å². The van der Waals surface area contributed by atoms with E-state index in [2.05, 4.69) is 10.6 Å². The molecule has 1 fully saturated rings. The van der Waals surface area contributed by atoms with Gasteiger partial charge in [-0.15, -0.1) is 0 Å². The lowest BCUT2D eigenvalue weighted by molar-refractivity contribution is 0.0951. The second-order valence-corrected chi connectivity index (χ2v) is 9.71. The zero-order valence-electron chi connectivity index (χ0n) is 22.0. The smallest absolute Gasteiger partial charge is 0.251 e. The van der Waals surface area contributed by atoms with Crippen LogP contribution >= 0.6 is 0 Å². The number of ether oxygens (including phenoxy) is 2. The SMILES string of the molecule is COc1ccc(-c2nc3cc(C(=O)NCc4cccc(CN)c4)ccn3c2NC2CCCCC2)cc1OC. The van der Waals surface area contributed by atoms with Crippen LogP contribution < -0.4 is 25.8 Å². The molecule has 0 saturated heterocycles. The van der Waals surface area contributed by atoms with Gasteiger partial charge in [0.05, 0.1) is 14.2 Å². The summed E-state index contributed by atoms with van der Waals surface area (Å²) >= 11 is 0. The van der Waals surface area contributed by atoms with Gasteiger partial charge in [0.25, 0.3) is 5.91 Å². The number of benzene rings is 2. The number of pyridine rings is 1. The number of nitrogens with zero attached hydrogens (tertiary/aromatic N) is 2. The Morgan fingerprint density at radius 2 is 1.79 bits per heavy atom. The summed E-state index contributed by atoms with van der Waals surface area (Å²) in [4.78, 5) is 18.0. The Labute approximate surface area is 223 Å². The van der Waals surface area contributed by atoms with E-state index in [-0.39, 0.29) is 5.91 Å². The number of nitrogens with one attached hydrogen (secondary N) is 2. The van der Waals surface area contributed by atoms with Crippen molar-refractivity contribution in [3.8, 4) is 22.8 Å². The number of hydrogen-bond donors (Lipinski definition) is 3. The highest BCUT2D eigenvalue weighted by Gasteiger charge is 2.21. The van der Waals surface area contributed by atoms with Crippen LogP contribution in [-0.2, 0) is 13.1 Å². The molecule has 0 unspecified atom stereocenters. The van der Waals surface area contributed by atoms with Crippen molar-refractivity contribution in [1.82, 2.24) is 14.7 Å². The van der Waals surface area contributed by atoms with Gasteiger partial charge in [0.1, 0.15) is 17.2 Å². The van der Waals surface area contributed by atoms with Crippen LogP contribution in [0, 0.1) is 0 Å². The van der Waals surface area contributed by atoms with Gasteiger partial charge in [-0.1, -0.05) is 43.5 Å². The summed E-state index contributed by atoms with van der Waals surface area (Å²) in [6, 6.07) is 17.8. The summed E-state index contributed by atoms with van der Waals surface area (Å²) in [6.07, 6.45) is 7.90. The predicted octanol–water partition coefficient (Wildman–Crippen LogP) is 5.15. The van der Waals surface area contributed by atoms with Crippen LogP contribution in [0.1, 0.15) is 53.6 Å². The number of fused-ring (bicyclic) bond motifs is 1. The number of carbonyl (C=O) groups excluding carboxylic acids is 1. The van der Waals surface area contributed by atoms with Gasteiger partial charge < -0.3 is 25.8 Å². The minimum Gasteiger partial charge on any atom is -0.493 e. The van der Waals surface area contributed by atoms with Crippen LogP contribution in [0.3, 0.4) is 0 Å². The standard InChI is InChI=1S/C30H35N5O3/c1-37-25-12-11-22(16-26(25)38-2)28-29(33-24-9-4-3-5-10-24)35-14-13-23(17-27(35)34-28)30(36)32-19-21-8-6-7-20(15-21)18-31/h6-8,11-17,24,33H,3-5,9-10,18-19,31H2,1-2H3,(H,32,36). The monoisotopic (exact) mass is 513 g/mol. The molecule has 0 radical (unpaired) electrons. The number of carbonyl (C=O) groups is 1. The van der Waals surface area contributed by atoms with Gasteiger partial charge in [0.15, 0.2) is 11.5 Å². The fourth-order valence-corrected chi connectivity index (χ4v) is 5.10. The number of anilines is 1. The molecule has 1 aliphatic carbocycles. The highest BCUT2D eigenvalue weighted by molar-refractivity contribution is 5.95. The second kappa shape index (κ2) is 11.6. The summed E-state index contributed by atoms with van der Waals surface area (Å²) in [6.45, 7) is 0.898. The van der Waals surface area contributed by atoms with Crippen molar-refractivity contribution >= 4 is 17.4 Å². The topological polar surface area (TPSA) is 103 Å². The minimum absolute atomic E-state index is 0.150. The first kappa shape index (κ1) is 25.6. The van der Waals surface area contributed by atoms with Crippen LogP contribution in [0.5, 0.6) is 11.5 Å². The van der Waals surface area contributed by atoms with Crippen LogP contribution in [0.2, 0.25) is 0 Å². The maximum absolute atomic E-state index is 13.0. The third-order valence-electron chi connectivity index (χ3n) is 7.17. The first-order chi connectivity index (χ1) is 18.6. The summed E-state index contributed by atoms with van der Waals surface area (Å²) in [5.74, 6) is 2.08. The molecule has 1 aliphatic rings. The highest BCUT2D eigenvalue weighted by Crippen LogP contribution is 2.36. The Hall–Kier alpha value is -4.04. The number of hydrogen-bond acceptors (Lipinski definition) is 6. The lowest BCUT2D eigenvalue weighted by Gasteiger charge is -2.24. The van der Waals surface area contributed by atoms with Crippen molar-refractivity contribution in [2.75, 3.05) is 19.5 Å². The van der Waals surface area contributed by atoms with Crippen molar-refractivity contribution in [2.24, 2.45) is 5.73 Å². The summed E-state index contributed by atoms with van der Waals surface area (Å²) in [5, 5.41) is 6.78. The quantitative estimate of drug-likeness (QED) is 0.286. The number of nitrogens with two attached hydrogens (primary N) is 1. The fraction of sp³-hybridized carbons (Fsp3) is 0.333. The minimum atomic E-state index is -0.150. The number of amides is 1. The normalized spacial score (nSPS) is 13.9. The van der Waals surface area contributed by atoms with E-state index in [9.17, 15) is 4.79 Å². The van der Waals surface area contributed by atoms with E-state index in [4.69, 9.17) is 20.2 Å². The number of methoxy groups -OCH3 is 2. The maximum atomic E-state index is 13.0. The molecule has 8 heteroatoms. The molecule has 0 bridgehead atoms. The Balaban J connectivity index is 1.47. The molecule has 0 spiro atoms. The third kappa shape index (κ3) is 5.45. The average molecular weight is 514 g/mol. The first-order valence-corrected chi connectivity index (χ1v) is 13.2. The van der Waals surface area contributed by atoms with Gasteiger partial charge in [-0.25, -0.2) is 4.98 Å². The van der Waals surface area contributed by atoms with E-state index in [1.165, 1.54) is 19.3 Å². The second-order valence-electron chi connectivity index (χ2n) is 9.71. The predicted molar refractivity (Wildman–Crippen MR) is 150 cm³/mol. The summed E-state index contributed by atoms with van der Waals surface area (Å²) < 4.78 is 13.0. The zero-order valence-corrected chi connectivity index (χ0v) is 22.0. The van der Waals surface area contributed by atoms with Gasteiger partial charge >= 0.3 is 0 Å². The van der Waals surface area contributed by atoms with Crippen LogP contribution in [0.25, 0.3) is 16.9 Å². The zero-order chi connectivity index (χ0) is 26.5. The third-order valence-corrected chi connectivity index (χ3v) is 7.17. The van der Waals surface area contributed by atoms with E-state index in [1.807, 2.05) is 65.2 Å². The molecule has 198 valence electrons. The molecule has 4 aromatic rings. The molecule has 2 heterocycles. The van der Waals surface area contributed by atoms with E-state index < -0.39 is 0 Å². The summed E-state index contributed by atoms with van der Waals surface area (Å²) in [7, 11) is 3.25. The average Bonchev–Trinajstić information content (AvgIpc) is 3.33. The Kier molecular flexibility index (Phi) is 7.79. The number of aromatic nitrogens is 2. The van der Waals surface area contributed by atoms with Crippen molar-refractivity contribution in [3.05, 3.63) is 77.5 Å². The van der Waals surface area contributed by atoms with Crippen molar-refractivity contribution < 1.29 is 14.3 Å². The van der Waals surface area contributed by atoms with E-state index >= 15 is 0 Å². The molecule has 0 atom stereocenters. The molecule has 5 rings (SSSR count). The maximum Gasteiger partial charge on any atom is 0.251 e. The molecular formula is C30H35N5O3. The van der Waals surface area contributed by atoms with Crippen LogP contribution in [0.15, 0.2) is 60.8 Å². The molecule has 1 amide bonds. The molecule has 38 heavy (non-hydrogen) atoms. The Morgan fingerprint density at radius 1 is 1.00 bits per heavy atom. The van der Waals surface area contributed by atoms with E-state index in [1.54, 1.807) is 14.2 Å². The highest BCUT2D eigenvalue weighted by atomic mass is 16.5. The molecule has 2 aromatic heterocycles. The molecule has 2 aromatic carbocycles. The Morgan fingerprint density at radius 3 is 2.55 bits per heavy atom. The van der Waals surface area contributed by atoms with Crippen molar-refractivity contribution in [3.63, 3.8) is 0 Å². The van der Waals surface area contributed by atoms with Gasteiger partial charge in [0.2, 0.25) is 0 Å². The summed E-state index contributed by atoms with van der Waals surface area (Å²) in [5.41, 5.74) is 10.8. The molecule has 8 nitrogen and oxygen atoms in total. The number of rotatable bonds is 9. The van der Waals surface area contributed by atoms with E-state index in [0.29, 0.717) is 41.8 Å². The molecule has 0 aliphatic heterocycles. The van der Waals surface area contributed by atoms with Gasteiger partial charge in [-0.3, -0.25) is 9.20 Å². The molecule has 4 N–H and O–H groups in total. The lowest BCUT2D eigenvalue weighted by Crippen LogP contribution is -2.24. The van der Waals surface area contributed by atoms with Crippen molar-refractivity contribution in [2.45, 2.75) is 51.2 Å². The van der Waals surface area contributed by atoms with E-state index in [0.717, 1.165) is 41.0 Å². The molecule has 1 saturated carbocycles. The lowest BCUT2D eigenvalue weighted by atomic mass is 9.95. The molecular weight excluding hydrogens is 478 g/mol. The van der Waals surface area contributed by atoms with Gasteiger partial charge in [0, 0.05) is 36.5 Å².